The van der Waals surface area contributed by atoms with Gasteiger partial charge in [-0.05, 0) is 25.2 Å². The molecule has 0 spiro atoms. The van der Waals surface area contributed by atoms with Crippen molar-refractivity contribution in [1.29, 1.82) is 0 Å². The summed E-state index contributed by atoms with van der Waals surface area (Å²) in [5.41, 5.74) is -0.828. The van der Waals surface area contributed by atoms with Gasteiger partial charge in [0.2, 0.25) is 0 Å². The number of hydrogen-bond donors (Lipinski definition) is 1. The SMILES string of the molecule is [CH2]C(C)(C)C1(C(=O)O)CC1. The lowest BCUT2D eigenvalue weighted by atomic mass is 9.78. The highest BCUT2D eigenvalue weighted by Gasteiger charge is 2.58. The molecule has 0 amide bonds. The van der Waals surface area contributed by atoms with Crippen molar-refractivity contribution < 1.29 is 9.90 Å². The fourth-order valence-electron chi connectivity index (χ4n) is 1.31. The van der Waals surface area contributed by atoms with Crippen LogP contribution in [0, 0.1) is 17.8 Å². The summed E-state index contributed by atoms with van der Waals surface area (Å²) in [7, 11) is 0. The Morgan fingerprint density at radius 2 is 2.00 bits per heavy atom. The van der Waals surface area contributed by atoms with E-state index in [1.165, 1.54) is 0 Å². The van der Waals surface area contributed by atoms with Crippen molar-refractivity contribution in [2.45, 2.75) is 26.7 Å². The molecule has 0 aromatic rings. The molecule has 2 nitrogen and oxygen atoms in total. The predicted octanol–water partition coefficient (Wildman–Crippen LogP) is 1.71. The van der Waals surface area contributed by atoms with Crippen LogP contribution in [0.3, 0.4) is 0 Å². The second-order valence-corrected chi connectivity index (χ2v) is 3.77. The molecule has 1 N–H and O–H groups in total. The molecule has 0 bridgehead atoms. The molecular weight excluding hydrogens is 128 g/mol. The minimum absolute atomic E-state index is 0.321. The van der Waals surface area contributed by atoms with E-state index in [0.717, 1.165) is 12.8 Å². The van der Waals surface area contributed by atoms with Crippen molar-refractivity contribution >= 4 is 5.97 Å². The summed E-state index contributed by atoms with van der Waals surface area (Å²) < 4.78 is 0. The Balaban J connectivity index is 2.80. The molecule has 0 heterocycles. The minimum atomic E-state index is -0.687. The van der Waals surface area contributed by atoms with Gasteiger partial charge in [0.25, 0.3) is 0 Å². The van der Waals surface area contributed by atoms with Crippen LogP contribution in [-0.4, -0.2) is 11.1 Å². The quantitative estimate of drug-likeness (QED) is 0.635. The zero-order valence-corrected chi connectivity index (χ0v) is 6.48. The molecule has 0 aromatic carbocycles. The van der Waals surface area contributed by atoms with Crippen LogP contribution in [0.1, 0.15) is 26.7 Å². The first kappa shape index (κ1) is 7.58. The molecule has 1 radical (unpaired) electrons. The highest BCUT2D eigenvalue weighted by molar-refractivity contribution is 5.79. The van der Waals surface area contributed by atoms with Crippen LogP contribution in [0.4, 0.5) is 0 Å². The third kappa shape index (κ3) is 0.825. The van der Waals surface area contributed by atoms with E-state index in [2.05, 4.69) is 6.92 Å². The van der Waals surface area contributed by atoms with E-state index >= 15 is 0 Å². The van der Waals surface area contributed by atoms with Gasteiger partial charge in [-0.3, -0.25) is 4.79 Å². The number of carbonyl (C=O) groups is 1. The standard InChI is InChI=1S/C8H13O2/c1-7(2,3)8(4-5-8)6(9)10/h1,4-5H2,2-3H3,(H,9,10). The maximum Gasteiger partial charge on any atom is 0.310 e. The summed E-state index contributed by atoms with van der Waals surface area (Å²) in [4.78, 5) is 10.7. The summed E-state index contributed by atoms with van der Waals surface area (Å²) in [6, 6.07) is 0. The van der Waals surface area contributed by atoms with Gasteiger partial charge < -0.3 is 5.11 Å². The molecule has 57 valence electrons. The van der Waals surface area contributed by atoms with Crippen molar-refractivity contribution in [2.24, 2.45) is 10.8 Å². The summed E-state index contributed by atoms with van der Waals surface area (Å²) in [5.74, 6) is -0.687. The highest BCUT2D eigenvalue weighted by Crippen LogP contribution is 2.58. The molecule has 1 aliphatic rings. The Morgan fingerprint density at radius 3 is 2.00 bits per heavy atom. The number of rotatable bonds is 2. The topological polar surface area (TPSA) is 37.3 Å². The maximum atomic E-state index is 10.7. The van der Waals surface area contributed by atoms with Crippen molar-refractivity contribution in [1.82, 2.24) is 0 Å². The molecule has 2 heteroatoms. The van der Waals surface area contributed by atoms with Crippen molar-refractivity contribution in [3.8, 4) is 0 Å². The van der Waals surface area contributed by atoms with Crippen LogP contribution in [-0.2, 0) is 4.79 Å². The van der Waals surface area contributed by atoms with Gasteiger partial charge in [-0.1, -0.05) is 13.8 Å². The van der Waals surface area contributed by atoms with Crippen LogP contribution in [0.5, 0.6) is 0 Å². The molecule has 10 heavy (non-hydrogen) atoms. The molecule has 0 aromatic heterocycles. The highest BCUT2D eigenvalue weighted by atomic mass is 16.4. The number of aliphatic carboxylic acids is 1. The Bertz CT molecular complexity index is 161. The first-order valence-electron chi connectivity index (χ1n) is 3.49. The van der Waals surface area contributed by atoms with Crippen LogP contribution in [0.15, 0.2) is 0 Å². The van der Waals surface area contributed by atoms with Crippen LogP contribution in [0.25, 0.3) is 0 Å². The maximum absolute atomic E-state index is 10.7. The lowest BCUT2D eigenvalue weighted by Crippen LogP contribution is -2.30. The molecular formula is C8H13O2. The van der Waals surface area contributed by atoms with E-state index in [-0.39, 0.29) is 5.41 Å². The average Bonchev–Trinajstić information content (AvgIpc) is 2.36. The van der Waals surface area contributed by atoms with Crippen molar-refractivity contribution in [3.63, 3.8) is 0 Å². The summed E-state index contributed by atoms with van der Waals surface area (Å²) in [6.45, 7) is 7.61. The van der Waals surface area contributed by atoms with E-state index in [4.69, 9.17) is 5.11 Å². The van der Waals surface area contributed by atoms with E-state index in [1.807, 2.05) is 13.8 Å². The van der Waals surface area contributed by atoms with E-state index in [0.29, 0.717) is 0 Å². The van der Waals surface area contributed by atoms with Crippen LogP contribution < -0.4 is 0 Å². The van der Waals surface area contributed by atoms with Gasteiger partial charge in [-0.2, -0.15) is 0 Å². The van der Waals surface area contributed by atoms with Crippen LogP contribution >= 0.6 is 0 Å². The molecule has 0 aliphatic heterocycles. The van der Waals surface area contributed by atoms with Gasteiger partial charge in [0.15, 0.2) is 0 Å². The summed E-state index contributed by atoms with van der Waals surface area (Å²) >= 11 is 0. The van der Waals surface area contributed by atoms with Gasteiger partial charge in [0, 0.05) is 0 Å². The van der Waals surface area contributed by atoms with Gasteiger partial charge in [-0.15, -0.1) is 0 Å². The number of carboxylic acid groups (broad SMARTS) is 1. The molecule has 0 unspecified atom stereocenters. The summed E-state index contributed by atoms with van der Waals surface area (Å²) in [5, 5.41) is 8.80. The average molecular weight is 141 g/mol. The first-order chi connectivity index (χ1) is 4.40. The van der Waals surface area contributed by atoms with Gasteiger partial charge in [0.05, 0.1) is 5.41 Å². The minimum Gasteiger partial charge on any atom is -0.481 e. The fourth-order valence-corrected chi connectivity index (χ4v) is 1.31. The Morgan fingerprint density at radius 1 is 1.60 bits per heavy atom. The monoisotopic (exact) mass is 141 g/mol. The van der Waals surface area contributed by atoms with Crippen molar-refractivity contribution in [3.05, 3.63) is 6.92 Å². The van der Waals surface area contributed by atoms with E-state index in [9.17, 15) is 4.79 Å². The molecule has 1 aliphatic carbocycles. The van der Waals surface area contributed by atoms with Gasteiger partial charge >= 0.3 is 5.97 Å². The number of hydrogen-bond acceptors (Lipinski definition) is 1. The zero-order valence-electron chi connectivity index (χ0n) is 6.48. The molecule has 0 atom stereocenters. The third-order valence-corrected chi connectivity index (χ3v) is 2.45. The second kappa shape index (κ2) is 1.74. The normalized spacial score (nSPS) is 22.3. The largest absolute Gasteiger partial charge is 0.481 e. The van der Waals surface area contributed by atoms with E-state index in [1.54, 1.807) is 0 Å². The summed E-state index contributed by atoms with van der Waals surface area (Å²) in [6.07, 6.45) is 1.58. The third-order valence-electron chi connectivity index (χ3n) is 2.45. The molecule has 1 rings (SSSR count). The lowest BCUT2D eigenvalue weighted by molar-refractivity contribution is -0.147. The molecule has 1 fully saturated rings. The Hall–Kier alpha value is -0.530. The zero-order chi connectivity index (χ0) is 7.99. The number of carboxylic acids is 1. The second-order valence-electron chi connectivity index (χ2n) is 3.77. The van der Waals surface area contributed by atoms with Gasteiger partial charge in [-0.25, -0.2) is 0 Å². The lowest BCUT2D eigenvalue weighted by Gasteiger charge is -2.26. The first-order valence-corrected chi connectivity index (χ1v) is 3.49. The molecule has 1 saturated carbocycles. The predicted molar refractivity (Wildman–Crippen MR) is 38.4 cm³/mol. The fraction of sp³-hybridized carbons (Fsp3) is 0.750. The van der Waals surface area contributed by atoms with Crippen molar-refractivity contribution in [2.75, 3.05) is 0 Å². The van der Waals surface area contributed by atoms with Crippen LogP contribution in [0.2, 0.25) is 0 Å². The van der Waals surface area contributed by atoms with E-state index < -0.39 is 11.4 Å². The Kier molecular flexibility index (Phi) is 1.32. The smallest absolute Gasteiger partial charge is 0.310 e. The molecule has 0 saturated heterocycles. The van der Waals surface area contributed by atoms with Gasteiger partial charge in [0.1, 0.15) is 0 Å². The Labute approximate surface area is 61.2 Å².